The number of carbonyl (C=O) groups is 1. The van der Waals surface area contributed by atoms with Gasteiger partial charge in [0.05, 0.1) is 6.67 Å². The lowest BCUT2D eigenvalue weighted by atomic mass is 9.76. The zero-order valence-corrected chi connectivity index (χ0v) is 18.4. The summed E-state index contributed by atoms with van der Waals surface area (Å²) in [6.45, 7) is 2.14. The predicted octanol–water partition coefficient (Wildman–Crippen LogP) is 5.25. The molecule has 4 rings (SSSR count). The van der Waals surface area contributed by atoms with Crippen LogP contribution < -0.4 is 10.2 Å². The Hall–Kier alpha value is -1.28. The SMILES string of the molecule is CC(=O)N(c1nn(CNC2(c3ccc(Cl)cc3)CCCCC2)c(=S)s1)C1CC1. The first kappa shape index (κ1) is 20.0. The number of rotatable bonds is 6. The Kier molecular flexibility index (Phi) is 5.88. The normalized spacial score (nSPS) is 18.8. The number of nitrogens with zero attached hydrogens (tertiary/aromatic N) is 3. The van der Waals surface area contributed by atoms with Crippen LogP contribution in [0.2, 0.25) is 5.02 Å². The lowest BCUT2D eigenvalue weighted by molar-refractivity contribution is -0.116. The Labute approximate surface area is 179 Å². The average molecular weight is 437 g/mol. The van der Waals surface area contributed by atoms with Gasteiger partial charge in [-0.3, -0.25) is 15.0 Å². The zero-order valence-electron chi connectivity index (χ0n) is 16.0. The summed E-state index contributed by atoms with van der Waals surface area (Å²) in [5.41, 5.74) is 1.18. The Morgan fingerprint density at radius 1 is 1.32 bits per heavy atom. The molecule has 0 bridgehead atoms. The maximum absolute atomic E-state index is 12.0. The third kappa shape index (κ3) is 4.17. The van der Waals surface area contributed by atoms with Crippen LogP contribution in [-0.4, -0.2) is 21.7 Å². The minimum atomic E-state index is -0.0852. The second-order valence-corrected chi connectivity index (χ2v) is 9.79. The summed E-state index contributed by atoms with van der Waals surface area (Å²) in [6, 6.07) is 8.45. The molecule has 150 valence electrons. The topological polar surface area (TPSA) is 50.2 Å². The molecule has 0 spiro atoms. The summed E-state index contributed by atoms with van der Waals surface area (Å²) in [4.78, 5) is 13.8. The van der Waals surface area contributed by atoms with Gasteiger partial charge in [0.2, 0.25) is 11.0 Å². The minimum absolute atomic E-state index is 0.0382. The molecule has 5 nitrogen and oxygen atoms in total. The van der Waals surface area contributed by atoms with Crippen LogP contribution in [0.15, 0.2) is 24.3 Å². The molecule has 28 heavy (non-hydrogen) atoms. The molecule has 1 amide bonds. The van der Waals surface area contributed by atoms with Crippen LogP contribution in [0.3, 0.4) is 0 Å². The van der Waals surface area contributed by atoms with Gasteiger partial charge >= 0.3 is 0 Å². The molecule has 2 aliphatic rings. The van der Waals surface area contributed by atoms with Crippen molar-refractivity contribution >= 4 is 46.2 Å². The first-order valence-electron chi connectivity index (χ1n) is 9.87. The molecule has 0 aliphatic heterocycles. The van der Waals surface area contributed by atoms with Gasteiger partial charge in [-0.1, -0.05) is 54.3 Å². The van der Waals surface area contributed by atoms with E-state index in [-0.39, 0.29) is 11.4 Å². The molecule has 1 N–H and O–H groups in total. The molecule has 0 saturated heterocycles. The lowest BCUT2D eigenvalue weighted by Crippen LogP contribution is -2.45. The molecule has 0 atom stereocenters. The maximum Gasteiger partial charge on any atom is 0.225 e. The molecular weight excluding hydrogens is 412 g/mol. The van der Waals surface area contributed by atoms with Crippen molar-refractivity contribution in [2.75, 3.05) is 4.90 Å². The van der Waals surface area contributed by atoms with E-state index in [1.807, 2.05) is 16.8 Å². The van der Waals surface area contributed by atoms with Crippen LogP contribution in [0.4, 0.5) is 5.13 Å². The molecular formula is C20H25ClN4OS2. The van der Waals surface area contributed by atoms with Crippen molar-refractivity contribution in [2.45, 2.75) is 70.1 Å². The van der Waals surface area contributed by atoms with E-state index in [1.54, 1.807) is 11.8 Å². The van der Waals surface area contributed by atoms with Crippen molar-refractivity contribution in [2.24, 2.45) is 0 Å². The van der Waals surface area contributed by atoms with E-state index in [4.69, 9.17) is 23.8 Å². The van der Waals surface area contributed by atoms with E-state index < -0.39 is 0 Å². The van der Waals surface area contributed by atoms with Crippen molar-refractivity contribution in [3.63, 3.8) is 0 Å². The van der Waals surface area contributed by atoms with Crippen LogP contribution in [-0.2, 0) is 17.0 Å². The monoisotopic (exact) mass is 436 g/mol. The number of nitrogens with one attached hydrogen (secondary N) is 1. The largest absolute Gasteiger partial charge is 0.288 e. The average Bonchev–Trinajstić information content (AvgIpc) is 3.44. The molecule has 2 fully saturated rings. The highest BCUT2D eigenvalue weighted by atomic mass is 35.5. The molecule has 2 aliphatic carbocycles. The number of halogens is 1. The Morgan fingerprint density at radius 2 is 2.00 bits per heavy atom. The highest BCUT2D eigenvalue weighted by Crippen LogP contribution is 2.38. The molecule has 2 saturated carbocycles. The van der Waals surface area contributed by atoms with Crippen molar-refractivity contribution in [3.05, 3.63) is 38.8 Å². The number of benzene rings is 1. The van der Waals surface area contributed by atoms with Crippen LogP contribution in [0.5, 0.6) is 0 Å². The lowest BCUT2D eigenvalue weighted by Gasteiger charge is -2.39. The van der Waals surface area contributed by atoms with Crippen LogP contribution in [0.25, 0.3) is 0 Å². The van der Waals surface area contributed by atoms with Gasteiger partial charge in [-0.2, -0.15) is 0 Å². The number of amides is 1. The highest BCUT2D eigenvalue weighted by Gasteiger charge is 2.35. The fourth-order valence-corrected chi connectivity index (χ4v) is 5.43. The number of hydrogen-bond donors (Lipinski definition) is 1. The van der Waals surface area contributed by atoms with Crippen LogP contribution >= 0.6 is 35.2 Å². The van der Waals surface area contributed by atoms with Gasteiger partial charge in [0.1, 0.15) is 0 Å². The zero-order chi connectivity index (χ0) is 19.7. The standard InChI is InChI=1S/C20H25ClN4OS2/c1-14(26)25(17-9-10-17)18-23-24(19(27)28-18)13-22-20(11-3-2-4-12-20)15-5-7-16(21)8-6-15/h5-8,17,22H,2-4,9-13H2,1H3. The molecule has 1 heterocycles. The number of carbonyl (C=O) groups excluding carboxylic acids is 1. The second-order valence-electron chi connectivity index (χ2n) is 7.75. The molecule has 1 aromatic heterocycles. The van der Waals surface area contributed by atoms with Crippen molar-refractivity contribution in [1.29, 1.82) is 0 Å². The van der Waals surface area contributed by atoms with Crippen molar-refractivity contribution in [1.82, 2.24) is 15.1 Å². The summed E-state index contributed by atoms with van der Waals surface area (Å²) in [6.07, 6.45) is 7.92. The fraction of sp³-hybridized carbons (Fsp3) is 0.550. The van der Waals surface area contributed by atoms with E-state index in [0.717, 1.165) is 30.7 Å². The second kappa shape index (κ2) is 8.22. The van der Waals surface area contributed by atoms with Gasteiger partial charge in [0.15, 0.2) is 3.95 Å². The summed E-state index contributed by atoms with van der Waals surface area (Å²) in [5.74, 6) is 0.0382. The van der Waals surface area contributed by atoms with Gasteiger partial charge in [-0.25, -0.2) is 4.68 Å². The first-order chi connectivity index (χ1) is 13.5. The molecule has 2 aromatic rings. The molecule has 0 radical (unpaired) electrons. The van der Waals surface area contributed by atoms with E-state index in [0.29, 0.717) is 21.8 Å². The number of aromatic nitrogens is 2. The maximum atomic E-state index is 12.0. The van der Waals surface area contributed by atoms with Crippen molar-refractivity contribution in [3.8, 4) is 0 Å². The van der Waals surface area contributed by atoms with Gasteiger partial charge in [-0.05, 0) is 55.6 Å². The highest BCUT2D eigenvalue weighted by molar-refractivity contribution is 7.73. The van der Waals surface area contributed by atoms with Gasteiger partial charge in [0.25, 0.3) is 0 Å². The summed E-state index contributed by atoms with van der Waals surface area (Å²) < 4.78 is 2.51. The first-order valence-corrected chi connectivity index (χ1v) is 11.5. The molecule has 8 heteroatoms. The predicted molar refractivity (Wildman–Crippen MR) is 116 cm³/mol. The molecule has 1 aromatic carbocycles. The minimum Gasteiger partial charge on any atom is -0.288 e. The number of hydrogen-bond acceptors (Lipinski definition) is 5. The third-order valence-electron chi connectivity index (χ3n) is 5.72. The Balaban J connectivity index is 1.55. The number of anilines is 1. The van der Waals surface area contributed by atoms with E-state index in [1.165, 1.54) is 36.2 Å². The fourth-order valence-electron chi connectivity index (χ4n) is 4.09. The van der Waals surface area contributed by atoms with Gasteiger partial charge < -0.3 is 0 Å². The smallest absolute Gasteiger partial charge is 0.225 e. The van der Waals surface area contributed by atoms with E-state index >= 15 is 0 Å². The van der Waals surface area contributed by atoms with Crippen LogP contribution in [0, 0.1) is 3.95 Å². The van der Waals surface area contributed by atoms with Crippen LogP contribution in [0.1, 0.15) is 57.4 Å². The summed E-state index contributed by atoms with van der Waals surface area (Å²) >= 11 is 13.1. The Morgan fingerprint density at radius 3 is 2.61 bits per heavy atom. The van der Waals surface area contributed by atoms with Crippen molar-refractivity contribution < 1.29 is 4.79 Å². The third-order valence-corrected chi connectivity index (χ3v) is 7.28. The quantitative estimate of drug-likeness (QED) is 0.628. The van der Waals surface area contributed by atoms with Gasteiger partial charge in [0, 0.05) is 23.5 Å². The summed E-state index contributed by atoms with van der Waals surface area (Å²) in [7, 11) is 0. The van der Waals surface area contributed by atoms with E-state index in [9.17, 15) is 4.79 Å². The Bertz CT molecular complexity index is 898. The molecule has 0 unspecified atom stereocenters. The van der Waals surface area contributed by atoms with Gasteiger partial charge in [-0.15, -0.1) is 5.10 Å². The summed E-state index contributed by atoms with van der Waals surface area (Å²) in [5, 5.41) is 9.89. The van der Waals surface area contributed by atoms with E-state index in [2.05, 4.69) is 22.5 Å².